The lowest BCUT2D eigenvalue weighted by atomic mass is 10.0. The Morgan fingerprint density at radius 2 is 1.88 bits per heavy atom. The summed E-state index contributed by atoms with van der Waals surface area (Å²) in [7, 11) is 0. The summed E-state index contributed by atoms with van der Waals surface area (Å²) in [4.78, 5) is 52.1. The Balaban J connectivity index is 1.80. The minimum Gasteiger partial charge on any atom is -0.466 e. The third-order valence-electron chi connectivity index (χ3n) is 5.72. The Hall–Kier alpha value is -3.10. The first kappa shape index (κ1) is 24.5. The molecule has 0 bridgehead atoms. The first-order valence-corrected chi connectivity index (χ1v) is 11.3. The van der Waals surface area contributed by atoms with E-state index in [1.807, 2.05) is 0 Å². The number of rotatable bonds is 7. The van der Waals surface area contributed by atoms with E-state index in [-0.39, 0.29) is 31.4 Å². The number of hydrogen-bond acceptors (Lipinski definition) is 7. The summed E-state index contributed by atoms with van der Waals surface area (Å²) in [6.07, 6.45) is 0.800. The zero-order valence-corrected chi connectivity index (χ0v) is 19.6. The quantitative estimate of drug-likeness (QED) is 0.491. The molecular weight excluding hydrogens is 428 g/mol. The van der Waals surface area contributed by atoms with E-state index in [0.29, 0.717) is 24.8 Å². The van der Waals surface area contributed by atoms with Crippen LogP contribution in [0.5, 0.6) is 0 Å². The van der Waals surface area contributed by atoms with Crippen LogP contribution in [0.1, 0.15) is 70.2 Å². The molecule has 0 aromatic heterocycles. The Bertz CT molecular complexity index is 896. The number of esters is 2. The van der Waals surface area contributed by atoms with Crippen molar-refractivity contribution < 1.29 is 33.4 Å². The van der Waals surface area contributed by atoms with Crippen molar-refractivity contribution in [2.45, 2.75) is 83.2 Å². The number of hydrogen-bond donors (Lipinski definition) is 1. The molecule has 2 amide bonds. The minimum absolute atomic E-state index is 0.00340. The summed E-state index contributed by atoms with van der Waals surface area (Å²) in [6, 6.07) is 7.49. The summed E-state index contributed by atoms with van der Waals surface area (Å²) < 4.78 is 16.3. The van der Waals surface area contributed by atoms with Gasteiger partial charge in [-0.3, -0.25) is 14.5 Å². The van der Waals surface area contributed by atoms with Crippen molar-refractivity contribution in [3.05, 3.63) is 35.9 Å². The van der Waals surface area contributed by atoms with Gasteiger partial charge in [0.2, 0.25) is 5.91 Å². The molecular formula is C24H32N2O7. The van der Waals surface area contributed by atoms with E-state index in [1.54, 1.807) is 58.0 Å². The fourth-order valence-corrected chi connectivity index (χ4v) is 4.42. The van der Waals surface area contributed by atoms with Crippen LogP contribution in [0.15, 0.2) is 30.3 Å². The molecule has 1 aromatic rings. The first-order chi connectivity index (χ1) is 15.5. The van der Waals surface area contributed by atoms with Crippen LogP contribution >= 0.6 is 0 Å². The van der Waals surface area contributed by atoms with Crippen LogP contribution in [0.3, 0.4) is 0 Å². The third-order valence-corrected chi connectivity index (χ3v) is 5.72. The highest BCUT2D eigenvalue weighted by Crippen LogP contribution is 2.44. The van der Waals surface area contributed by atoms with Crippen LogP contribution in [-0.2, 0) is 23.8 Å². The second-order valence-corrected chi connectivity index (χ2v) is 9.34. The number of nitrogens with zero attached hydrogens (tertiary/aromatic N) is 1. The Labute approximate surface area is 193 Å². The highest BCUT2D eigenvalue weighted by molar-refractivity contribution is 5.91. The van der Waals surface area contributed by atoms with Gasteiger partial charge in [-0.2, -0.15) is 0 Å². The van der Waals surface area contributed by atoms with E-state index in [9.17, 15) is 19.2 Å². The van der Waals surface area contributed by atoms with Crippen molar-refractivity contribution in [1.82, 2.24) is 10.2 Å². The van der Waals surface area contributed by atoms with Crippen LogP contribution in [0.25, 0.3) is 0 Å². The summed E-state index contributed by atoms with van der Waals surface area (Å²) in [5, 5.41) is 2.64. The van der Waals surface area contributed by atoms with Gasteiger partial charge in [0.05, 0.1) is 18.6 Å². The maximum absolute atomic E-state index is 13.3. The molecule has 2 heterocycles. The molecule has 3 atom stereocenters. The zero-order chi connectivity index (χ0) is 24.2. The number of ether oxygens (including phenoxy) is 3. The fraction of sp³-hybridized carbons (Fsp3) is 0.583. The van der Waals surface area contributed by atoms with Crippen LogP contribution in [0, 0.1) is 0 Å². The second-order valence-electron chi connectivity index (χ2n) is 9.34. The maximum atomic E-state index is 13.3. The fourth-order valence-electron chi connectivity index (χ4n) is 4.42. The second kappa shape index (κ2) is 9.80. The molecule has 1 N–H and O–H groups in total. The number of carbonyl (C=O) groups is 4. The van der Waals surface area contributed by atoms with Crippen molar-refractivity contribution in [3.8, 4) is 0 Å². The van der Waals surface area contributed by atoms with Gasteiger partial charge < -0.3 is 19.5 Å². The van der Waals surface area contributed by atoms with Gasteiger partial charge in [-0.15, -0.1) is 0 Å². The van der Waals surface area contributed by atoms with Gasteiger partial charge in [0, 0.05) is 18.9 Å². The lowest BCUT2D eigenvalue weighted by molar-refractivity contribution is -0.159. The Morgan fingerprint density at radius 1 is 1.18 bits per heavy atom. The lowest BCUT2D eigenvalue weighted by Gasteiger charge is -2.38. The molecule has 1 aromatic carbocycles. The monoisotopic (exact) mass is 460 g/mol. The van der Waals surface area contributed by atoms with E-state index < -0.39 is 35.4 Å². The predicted molar refractivity (Wildman–Crippen MR) is 118 cm³/mol. The molecule has 2 aliphatic heterocycles. The van der Waals surface area contributed by atoms with Crippen molar-refractivity contribution in [2.75, 3.05) is 6.61 Å². The van der Waals surface area contributed by atoms with Crippen molar-refractivity contribution in [3.63, 3.8) is 0 Å². The standard InChI is InChI=1S/C24H32N2O7/c1-5-31-19(27)12-14-24(32-21(29)16-9-7-6-8-10-16)13-11-17-15-18(20(28)26(17)24)25-22(30)33-23(2,3)4/h6-10,17-18H,5,11-15H2,1-4H3,(H,25,30). The van der Waals surface area contributed by atoms with Crippen molar-refractivity contribution in [2.24, 2.45) is 0 Å². The molecule has 3 unspecified atom stereocenters. The van der Waals surface area contributed by atoms with Gasteiger partial charge >= 0.3 is 18.0 Å². The largest absolute Gasteiger partial charge is 0.466 e. The van der Waals surface area contributed by atoms with Crippen LogP contribution < -0.4 is 5.32 Å². The Morgan fingerprint density at radius 3 is 2.52 bits per heavy atom. The molecule has 3 rings (SSSR count). The molecule has 33 heavy (non-hydrogen) atoms. The molecule has 180 valence electrons. The zero-order valence-electron chi connectivity index (χ0n) is 19.6. The van der Waals surface area contributed by atoms with Crippen molar-refractivity contribution in [1.29, 1.82) is 0 Å². The molecule has 2 saturated heterocycles. The third kappa shape index (κ3) is 5.83. The smallest absolute Gasteiger partial charge is 0.408 e. The van der Waals surface area contributed by atoms with Gasteiger partial charge in [0.25, 0.3) is 0 Å². The van der Waals surface area contributed by atoms with E-state index in [2.05, 4.69) is 5.32 Å². The van der Waals surface area contributed by atoms with Gasteiger partial charge in [-0.1, -0.05) is 18.2 Å². The Kier molecular flexibility index (Phi) is 7.29. The van der Waals surface area contributed by atoms with Crippen LogP contribution in [-0.4, -0.2) is 58.9 Å². The van der Waals surface area contributed by atoms with Gasteiger partial charge in [-0.25, -0.2) is 9.59 Å². The normalized spacial score (nSPS) is 24.2. The summed E-state index contributed by atoms with van der Waals surface area (Å²) in [5.74, 6) is -1.35. The molecule has 0 aliphatic carbocycles. The molecule has 9 heteroatoms. The lowest BCUT2D eigenvalue weighted by Crippen LogP contribution is -2.53. The predicted octanol–water partition coefficient (Wildman–Crippen LogP) is 3.17. The maximum Gasteiger partial charge on any atom is 0.408 e. The number of carbonyl (C=O) groups excluding carboxylic acids is 4. The number of alkyl carbamates (subject to hydrolysis) is 1. The number of amides is 2. The van der Waals surface area contributed by atoms with Crippen LogP contribution in [0.2, 0.25) is 0 Å². The van der Waals surface area contributed by atoms with E-state index >= 15 is 0 Å². The average Bonchev–Trinajstić information content (AvgIpc) is 3.24. The van der Waals surface area contributed by atoms with Gasteiger partial charge in [0.1, 0.15) is 11.6 Å². The average molecular weight is 461 g/mol. The SMILES string of the molecule is CCOC(=O)CCC1(OC(=O)c2ccccc2)CCC2CC(NC(=O)OC(C)(C)C)C(=O)N21. The molecule has 0 radical (unpaired) electrons. The van der Waals surface area contributed by atoms with E-state index in [1.165, 1.54) is 4.90 Å². The molecule has 0 spiro atoms. The number of benzene rings is 1. The summed E-state index contributed by atoms with van der Waals surface area (Å²) >= 11 is 0. The van der Waals surface area contributed by atoms with Gasteiger partial charge in [-0.05, 0) is 52.7 Å². The number of fused-ring (bicyclic) bond motifs is 1. The van der Waals surface area contributed by atoms with Crippen LogP contribution in [0.4, 0.5) is 4.79 Å². The first-order valence-electron chi connectivity index (χ1n) is 11.3. The molecule has 2 aliphatic rings. The number of nitrogens with one attached hydrogen (secondary N) is 1. The minimum atomic E-state index is -1.29. The molecule has 9 nitrogen and oxygen atoms in total. The highest BCUT2D eigenvalue weighted by Gasteiger charge is 2.57. The van der Waals surface area contributed by atoms with E-state index in [0.717, 1.165) is 0 Å². The highest BCUT2D eigenvalue weighted by atomic mass is 16.6. The van der Waals surface area contributed by atoms with E-state index in [4.69, 9.17) is 14.2 Å². The molecule has 0 saturated carbocycles. The van der Waals surface area contributed by atoms with Gasteiger partial charge in [0.15, 0.2) is 5.72 Å². The van der Waals surface area contributed by atoms with Crippen molar-refractivity contribution >= 4 is 23.9 Å². The summed E-state index contributed by atoms with van der Waals surface area (Å²) in [5.41, 5.74) is -1.63. The summed E-state index contributed by atoms with van der Waals surface area (Å²) in [6.45, 7) is 7.18. The molecule has 2 fully saturated rings. The topological polar surface area (TPSA) is 111 Å².